The van der Waals surface area contributed by atoms with E-state index in [1.807, 2.05) is 0 Å². The molecule has 0 heterocycles. The number of carbonyl (C=O) groups excluding carboxylic acids is 2. The molecule has 0 aliphatic carbocycles. The highest BCUT2D eigenvalue weighted by Crippen LogP contribution is 2.06. The number of hydrogen-bond acceptors (Lipinski definition) is 6. The second-order valence-electron chi connectivity index (χ2n) is 7.52. The molecule has 0 aliphatic rings. The van der Waals surface area contributed by atoms with Gasteiger partial charge >= 0.3 is 12.2 Å². The minimum atomic E-state index is -0.712. The van der Waals surface area contributed by atoms with Gasteiger partial charge in [0.25, 0.3) is 0 Å². The molecule has 1 unspecified atom stereocenters. The molecule has 0 aromatic carbocycles. The van der Waals surface area contributed by atoms with E-state index in [0.717, 1.165) is 0 Å². The van der Waals surface area contributed by atoms with Crippen LogP contribution in [0.1, 0.15) is 48.0 Å². The van der Waals surface area contributed by atoms with Crippen molar-refractivity contribution in [2.24, 2.45) is 0 Å². The summed E-state index contributed by atoms with van der Waals surface area (Å²) in [5.41, 5.74) is -1.07. The Morgan fingerprint density at radius 2 is 1.38 bits per heavy atom. The minimum Gasteiger partial charge on any atom is -0.444 e. The number of nitrogens with one attached hydrogen (secondary N) is 3. The highest BCUT2D eigenvalue weighted by Gasteiger charge is 2.17. The second kappa shape index (κ2) is 10.4. The minimum absolute atomic E-state index is 0.109. The lowest BCUT2D eigenvalue weighted by Gasteiger charge is -2.20. The van der Waals surface area contributed by atoms with E-state index in [9.17, 15) is 14.7 Å². The van der Waals surface area contributed by atoms with E-state index in [-0.39, 0.29) is 6.54 Å². The summed E-state index contributed by atoms with van der Waals surface area (Å²) >= 11 is 0. The Labute approximate surface area is 144 Å². The summed E-state index contributed by atoms with van der Waals surface area (Å²) in [4.78, 5) is 22.8. The fourth-order valence-electron chi connectivity index (χ4n) is 1.57. The van der Waals surface area contributed by atoms with E-state index in [2.05, 4.69) is 16.0 Å². The van der Waals surface area contributed by atoms with E-state index < -0.39 is 29.5 Å². The van der Waals surface area contributed by atoms with E-state index in [4.69, 9.17) is 9.47 Å². The number of ether oxygens (including phenoxy) is 2. The molecule has 0 saturated heterocycles. The molecule has 8 nitrogen and oxygen atoms in total. The topological polar surface area (TPSA) is 109 Å². The smallest absolute Gasteiger partial charge is 0.407 e. The maximum absolute atomic E-state index is 11.4. The summed E-state index contributed by atoms with van der Waals surface area (Å²) in [6, 6.07) is 0. The predicted octanol–water partition coefficient (Wildman–Crippen LogP) is 1.38. The molecule has 0 fully saturated rings. The Balaban J connectivity index is 3.61. The van der Waals surface area contributed by atoms with Gasteiger partial charge in [0, 0.05) is 19.6 Å². The Morgan fingerprint density at radius 3 is 1.88 bits per heavy atom. The van der Waals surface area contributed by atoms with Crippen LogP contribution in [0.2, 0.25) is 0 Å². The SMILES string of the molecule is CC(C)(C)OC(=O)NCCCNCC(O)CNC(=O)OC(C)(C)C. The van der Waals surface area contributed by atoms with Crippen LogP contribution in [-0.4, -0.2) is 60.8 Å². The van der Waals surface area contributed by atoms with Gasteiger partial charge < -0.3 is 30.5 Å². The van der Waals surface area contributed by atoms with Gasteiger partial charge in [-0.1, -0.05) is 0 Å². The number of aliphatic hydroxyl groups is 1. The number of aliphatic hydroxyl groups excluding tert-OH is 1. The van der Waals surface area contributed by atoms with E-state index in [1.54, 1.807) is 41.5 Å². The predicted molar refractivity (Wildman–Crippen MR) is 92.0 cm³/mol. The number of hydrogen-bond donors (Lipinski definition) is 4. The van der Waals surface area contributed by atoms with Crippen LogP contribution in [0.3, 0.4) is 0 Å². The van der Waals surface area contributed by atoms with Gasteiger partial charge in [0.1, 0.15) is 11.2 Å². The molecule has 0 bridgehead atoms. The van der Waals surface area contributed by atoms with Crippen LogP contribution >= 0.6 is 0 Å². The van der Waals surface area contributed by atoms with Crippen molar-refractivity contribution < 1.29 is 24.2 Å². The molecule has 0 rings (SSSR count). The number of amides is 2. The van der Waals surface area contributed by atoms with Crippen LogP contribution in [0.4, 0.5) is 9.59 Å². The van der Waals surface area contributed by atoms with Crippen LogP contribution in [0.15, 0.2) is 0 Å². The van der Waals surface area contributed by atoms with Crippen molar-refractivity contribution in [1.82, 2.24) is 16.0 Å². The van der Waals surface area contributed by atoms with Gasteiger partial charge in [0.05, 0.1) is 6.10 Å². The van der Waals surface area contributed by atoms with Gasteiger partial charge in [0.2, 0.25) is 0 Å². The third-order valence-corrected chi connectivity index (χ3v) is 2.46. The highest BCUT2D eigenvalue weighted by atomic mass is 16.6. The van der Waals surface area contributed by atoms with Gasteiger partial charge in [-0.25, -0.2) is 9.59 Å². The summed E-state index contributed by atoms with van der Waals surface area (Å²) < 4.78 is 10.2. The molecule has 1 atom stereocenters. The zero-order valence-corrected chi connectivity index (χ0v) is 15.7. The summed E-state index contributed by atoms with van der Waals surface area (Å²) in [5, 5.41) is 17.9. The van der Waals surface area contributed by atoms with Crippen molar-refractivity contribution in [2.75, 3.05) is 26.2 Å². The van der Waals surface area contributed by atoms with Crippen LogP contribution in [0.25, 0.3) is 0 Å². The lowest BCUT2D eigenvalue weighted by Crippen LogP contribution is -2.41. The molecular weight excluding hydrogens is 314 g/mol. The van der Waals surface area contributed by atoms with Crippen molar-refractivity contribution in [1.29, 1.82) is 0 Å². The third kappa shape index (κ3) is 15.4. The standard InChI is InChI=1S/C16H33N3O5/c1-15(2,3)23-13(21)18-9-7-8-17-10-12(20)11-19-14(22)24-16(4,5)6/h12,17,20H,7-11H2,1-6H3,(H,18,21)(H,19,22). The average Bonchev–Trinajstić information content (AvgIpc) is 2.36. The Bertz CT molecular complexity index is 388. The molecule has 142 valence electrons. The Hall–Kier alpha value is -1.54. The van der Waals surface area contributed by atoms with Crippen molar-refractivity contribution in [3.05, 3.63) is 0 Å². The van der Waals surface area contributed by atoms with Gasteiger partial charge in [-0.2, -0.15) is 0 Å². The average molecular weight is 347 g/mol. The molecule has 8 heteroatoms. The van der Waals surface area contributed by atoms with E-state index in [1.165, 1.54) is 0 Å². The third-order valence-electron chi connectivity index (χ3n) is 2.46. The summed E-state index contributed by atoms with van der Waals surface area (Å²) in [5.74, 6) is 0. The first kappa shape index (κ1) is 22.5. The van der Waals surface area contributed by atoms with Crippen molar-refractivity contribution in [3.8, 4) is 0 Å². The molecule has 0 aromatic rings. The molecule has 0 aliphatic heterocycles. The van der Waals surface area contributed by atoms with E-state index >= 15 is 0 Å². The Kier molecular flexibility index (Phi) is 9.69. The van der Waals surface area contributed by atoms with Crippen molar-refractivity contribution in [2.45, 2.75) is 65.3 Å². The number of carbonyl (C=O) groups is 2. The first-order valence-electron chi connectivity index (χ1n) is 8.21. The summed E-state index contributed by atoms with van der Waals surface area (Å²) in [7, 11) is 0. The maximum Gasteiger partial charge on any atom is 0.407 e. The first-order valence-corrected chi connectivity index (χ1v) is 8.21. The van der Waals surface area contributed by atoms with Gasteiger partial charge in [-0.3, -0.25) is 0 Å². The number of alkyl carbamates (subject to hydrolysis) is 2. The van der Waals surface area contributed by atoms with Gasteiger partial charge in [-0.15, -0.1) is 0 Å². The second-order valence-corrected chi connectivity index (χ2v) is 7.52. The zero-order valence-electron chi connectivity index (χ0n) is 15.7. The van der Waals surface area contributed by atoms with Crippen LogP contribution in [0, 0.1) is 0 Å². The fraction of sp³-hybridized carbons (Fsp3) is 0.875. The molecular formula is C16H33N3O5. The molecule has 4 N–H and O–H groups in total. The molecule has 0 radical (unpaired) electrons. The van der Waals surface area contributed by atoms with Gasteiger partial charge in [0.15, 0.2) is 0 Å². The van der Waals surface area contributed by atoms with Gasteiger partial charge in [-0.05, 0) is 54.5 Å². The highest BCUT2D eigenvalue weighted by molar-refractivity contribution is 5.67. The fourth-order valence-corrected chi connectivity index (χ4v) is 1.57. The van der Waals surface area contributed by atoms with Crippen LogP contribution < -0.4 is 16.0 Å². The summed E-state index contributed by atoms with van der Waals surface area (Å²) in [6.45, 7) is 12.3. The summed E-state index contributed by atoms with van der Waals surface area (Å²) in [6.07, 6.45) is -1.01. The maximum atomic E-state index is 11.4. The van der Waals surface area contributed by atoms with E-state index in [0.29, 0.717) is 26.1 Å². The molecule has 0 saturated carbocycles. The van der Waals surface area contributed by atoms with Crippen LogP contribution in [0.5, 0.6) is 0 Å². The van der Waals surface area contributed by atoms with Crippen LogP contribution in [-0.2, 0) is 9.47 Å². The first-order chi connectivity index (χ1) is 10.9. The van der Waals surface area contributed by atoms with Crippen molar-refractivity contribution in [3.63, 3.8) is 0 Å². The Morgan fingerprint density at radius 1 is 0.875 bits per heavy atom. The lowest BCUT2D eigenvalue weighted by atomic mass is 10.2. The van der Waals surface area contributed by atoms with Crippen molar-refractivity contribution >= 4 is 12.2 Å². The monoisotopic (exact) mass is 347 g/mol. The molecule has 0 aromatic heterocycles. The molecule has 0 spiro atoms. The quantitative estimate of drug-likeness (QED) is 0.494. The normalized spacial score (nSPS) is 13.1. The molecule has 24 heavy (non-hydrogen) atoms. The zero-order chi connectivity index (χ0) is 18.8. The molecule has 2 amide bonds. The number of rotatable bonds is 8. The lowest BCUT2D eigenvalue weighted by molar-refractivity contribution is 0.0490. The largest absolute Gasteiger partial charge is 0.444 e.